The van der Waals surface area contributed by atoms with Gasteiger partial charge in [-0.15, -0.1) is 0 Å². The molecule has 1 saturated heterocycles. The van der Waals surface area contributed by atoms with Crippen molar-refractivity contribution in [3.05, 3.63) is 22.8 Å². The van der Waals surface area contributed by atoms with Gasteiger partial charge in [-0.2, -0.15) is 0 Å². The van der Waals surface area contributed by atoms with Crippen molar-refractivity contribution >= 4 is 26.7 Å². The molecule has 0 aliphatic carbocycles. The van der Waals surface area contributed by atoms with Gasteiger partial charge in [-0.1, -0.05) is 6.07 Å². The minimum Gasteiger partial charge on any atom is -0.317 e. The molecule has 88 valence electrons. The van der Waals surface area contributed by atoms with E-state index < -0.39 is 10.8 Å². The minimum absolute atomic E-state index is 0.572. The highest BCUT2D eigenvalue weighted by atomic mass is 79.9. The quantitative estimate of drug-likeness (QED) is 0.868. The Morgan fingerprint density at radius 3 is 2.88 bits per heavy atom. The highest BCUT2D eigenvalue weighted by Gasteiger charge is 2.17. The van der Waals surface area contributed by atoms with Crippen LogP contribution in [-0.4, -0.2) is 28.0 Å². The Hall–Kier alpha value is -0.260. The van der Waals surface area contributed by atoms with Gasteiger partial charge in [0.2, 0.25) is 0 Å². The summed E-state index contributed by atoms with van der Waals surface area (Å²) in [6.45, 7) is 2.10. The average Bonchev–Trinajstić information content (AvgIpc) is 2.30. The summed E-state index contributed by atoms with van der Waals surface area (Å²) >= 11 is 3.30. The Kier molecular flexibility index (Phi) is 4.49. The number of piperidine rings is 1. The molecule has 5 heteroatoms. The average molecular weight is 303 g/mol. The lowest BCUT2D eigenvalue weighted by molar-refractivity contribution is 0.405. The van der Waals surface area contributed by atoms with Crippen LogP contribution in [0.4, 0.5) is 0 Å². The Labute approximate surface area is 107 Å². The van der Waals surface area contributed by atoms with E-state index in [1.807, 2.05) is 18.2 Å². The fourth-order valence-corrected chi connectivity index (χ4v) is 3.69. The monoisotopic (exact) mass is 302 g/mol. The van der Waals surface area contributed by atoms with Crippen molar-refractivity contribution in [2.24, 2.45) is 5.92 Å². The molecule has 2 heterocycles. The topological polar surface area (TPSA) is 42.0 Å². The number of aromatic nitrogens is 1. The molecule has 1 atom stereocenters. The van der Waals surface area contributed by atoms with Gasteiger partial charge in [-0.3, -0.25) is 4.21 Å². The van der Waals surface area contributed by atoms with Crippen LogP contribution in [0.25, 0.3) is 0 Å². The summed E-state index contributed by atoms with van der Waals surface area (Å²) in [5.41, 5.74) is 0. The van der Waals surface area contributed by atoms with Gasteiger partial charge in [0.15, 0.2) is 0 Å². The Balaban J connectivity index is 1.97. The van der Waals surface area contributed by atoms with E-state index in [2.05, 4.69) is 26.2 Å². The third kappa shape index (κ3) is 3.37. The van der Waals surface area contributed by atoms with E-state index in [0.29, 0.717) is 10.9 Å². The second-order valence-corrected chi connectivity index (χ2v) is 6.26. The zero-order valence-corrected chi connectivity index (χ0v) is 11.4. The molecular formula is C11H15BrN2OS. The van der Waals surface area contributed by atoms with Crippen LogP contribution in [0.1, 0.15) is 12.8 Å². The molecule has 1 aromatic rings. The Morgan fingerprint density at radius 2 is 2.19 bits per heavy atom. The van der Waals surface area contributed by atoms with Crippen molar-refractivity contribution < 1.29 is 4.21 Å². The first-order valence-electron chi connectivity index (χ1n) is 5.47. The van der Waals surface area contributed by atoms with Crippen LogP contribution >= 0.6 is 15.9 Å². The number of halogens is 1. The van der Waals surface area contributed by atoms with Gasteiger partial charge in [0.05, 0.1) is 10.8 Å². The number of nitrogens with zero attached hydrogens (tertiary/aromatic N) is 1. The van der Waals surface area contributed by atoms with Crippen molar-refractivity contribution in [1.82, 2.24) is 10.3 Å². The summed E-state index contributed by atoms with van der Waals surface area (Å²) in [6, 6.07) is 5.57. The highest BCUT2D eigenvalue weighted by molar-refractivity contribution is 9.10. The molecular weight excluding hydrogens is 288 g/mol. The molecule has 0 spiro atoms. The van der Waals surface area contributed by atoms with Gasteiger partial charge in [0, 0.05) is 5.75 Å². The van der Waals surface area contributed by atoms with Gasteiger partial charge in [0.25, 0.3) is 0 Å². The van der Waals surface area contributed by atoms with E-state index in [1.54, 1.807) is 0 Å². The van der Waals surface area contributed by atoms with Crippen molar-refractivity contribution in [3.8, 4) is 0 Å². The molecule has 0 bridgehead atoms. The smallest absolute Gasteiger partial charge is 0.128 e. The molecule has 1 unspecified atom stereocenters. The van der Waals surface area contributed by atoms with Crippen LogP contribution < -0.4 is 5.32 Å². The first kappa shape index (κ1) is 12.2. The second-order valence-electron chi connectivity index (χ2n) is 4.00. The molecule has 1 aliphatic heterocycles. The third-order valence-corrected chi connectivity index (χ3v) is 4.68. The van der Waals surface area contributed by atoms with Crippen LogP contribution in [0.3, 0.4) is 0 Å². The summed E-state index contributed by atoms with van der Waals surface area (Å²) in [5, 5.41) is 4.00. The molecule has 1 aromatic heterocycles. The number of nitrogens with one attached hydrogen (secondary N) is 1. The first-order chi connectivity index (χ1) is 7.75. The number of hydrogen-bond donors (Lipinski definition) is 1. The molecule has 1 aliphatic rings. The maximum Gasteiger partial charge on any atom is 0.128 e. The van der Waals surface area contributed by atoms with Crippen molar-refractivity contribution in [2.75, 3.05) is 18.8 Å². The van der Waals surface area contributed by atoms with Crippen LogP contribution in [0.5, 0.6) is 0 Å². The Morgan fingerprint density at radius 1 is 1.44 bits per heavy atom. The number of hydrogen-bond acceptors (Lipinski definition) is 3. The fraction of sp³-hybridized carbons (Fsp3) is 0.545. The highest BCUT2D eigenvalue weighted by Crippen LogP contribution is 2.17. The van der Waals surface area contributed by atoms with E-state index in [9.17, 15) is 4.21 Å². The summed E-state index contributed by atoms with van der Waals surface area (Å²) < 4.78 is 12.8. The molecule has 0 radical (unpaired) electrons. The zero-order chi connectivity index (χ0) is 11.4. The summed E-state index contributed by atoms with van der Waals surface area (Å²) in [6.07, 6.45) is 2.25. The lowest BCUT2D eigenvalue weighted by atomic mass is 10.0. The molecule has 1 fully saturated rings. The second kappa shape index (κ2) is 5.89. The van der Waals surface area contributed by atoms with Crippen LogP contribution in [0.2, 0.25) is 0 Å². The standard InChI is InChI=1S/C11H15BrN2OS/c12-10-2-1-3-11(14-10)16(15)8-9-4-6-13-7-5-9/h1-3,9,13H,4-8H2. The van der Waals surface area contributed by atoms with Crippen LogP contribution in [-0.2, 0) is 10.8 Å². The summed E-state index contributed by atoms with van der Waals surface area (Å²) in [5.74, 6) is 1.31. The van der Waals surface area contributed by atoms with Gasteiger partial charge in [-0.25, -0.2) is 4.98 Å². The molecule has 0 amide bonds. The maximum atomic E-state index is 12.1. The first-order valence-corrected chi connectivity index (χ1v) is 7.58. The van der Waals surface area contributed by atoms with E-state index in [0.717, 1.165) is 36.3 Å². The van der Waals surface area contributed by atoms with E-state index in [4.69, 9.17) is 0 Å². The molecule has 3 nitrogen and oxygen atoms in total. The molecule has 0 saturated carbocycles. The summed E-state index contributed by atoms with van der Waals surface area (Å²) in [4.78, 5) is 4.24. The predicted molar refractivity (Wildman–Crippen MR) is 68.8 cm³/mol. The Bertz CT molecular complexity index is 380. The number of pyridine rings is 1. The maximum absolute atomic E-state index is 12.1. The molecule has 1 N–H and O–H groups in total. The largest absolute Gasteiger partial charge is 0.317 e. The minimum atomic E-state index is -0.960. The number of rotatable bonds is 3. The van der Waals surface area contributed by atoms with E-state index >= 15 is 0 Å². The molecule has 2 rings (SSSR count). The molecule has 0 aromatic carbocycles. The van der Waals surface area contributed by atoms with E-state index in [-0.39, 0.29) is 0 Å². The lowest BCUT2D eigenvalue weighted by Gasteiger charge is -2.21. The van der Waals surface area contributed by atoms with Gasteiger partial charge in [-0.05, 0) is 59.9 Å². The normalized spacial score (nSPS) is 19.6. The van der Waals surface area contributed by atoms with Crippen molar-refractivity contribution in [2.45, 2.75) is 17.9 Å². The zero-order valence-electron chi connectivity index (χ0n) is 8.99. The summed E-state index contributed by atoms with van der Waals surface area (Å²) in [7, 11) is -0.960. The van der Waals surface area contributed by atoms with Crippen LogP contribution in [0, 0.1) is 5.92 Å². The lowest BCUT2D eigenvalue weighted by Crippen LogP contribution is -2.30. The van der Waals surface area contributed by atoms with Gasteiger partial charge in [0.1, 0.15) is 9.63 Å². The predicted octanol–water partition coefficient (Wildman–Crippen LogP) is 1.95. The van der Waals surface area contributed by atoms with Crippen molar-refractivity contribution in [1.29, 1.82) is 0 Å². The molecule has 16 heavy (non-hydrogen) atoms. The third-order valence-electron chi connectivity index (χ3n) is 2.77. The van der Waals surface area contributed by atoms with Crippen LogP contribution in [0.15, 0.2) is 27.8 Å². The SMILES string of the molecule is O=S(CC1CCNCC1)c1cccc(Br)n1. The fourth-order valence-electron chi connectivity index (χ4n) is 1.86. The van der Waals surface area contributed by atoms with Crippen molar-refractivity contribution in [3.63, 3.8) is 0 Å². The van der Waals surface area contributed by atoms with Gasteiger partial charge >= 0.3 is 0 Å². The van der Waals surface area contributed by atoms with E-state index in [1.165, 1.54) is 0 Å². The van der Waals surface area contributed by atoms with Gasteiger partial charge < -0.3 is 5.32 Å².